The summed E-state index contributed by atoms with van der Waals surface area (Å²) in [5, 5.41) is 0.137. The van der Waals surface area contributed by atoms with Crippen molar-refractivity contribution in [3.63, 3.8) is 0 Å². The van der Waals surface area contributed by atoms with E-state index in [-0.39, 0.29) is 5.28 Å². The summed E-state index contributed by atoms with van der Waals surface area (Å²) in [6, 6.07) is 9.16. The van der Waals surface area contributed by atoms with Crippen LogP contribution in [0.3, 0.4) is 0 Å². The van der Waals surface area contributed by atoms with E-state index < -0.39 is 0 Å². The van der Waals surface area contributed by atoms with Gasteiger partial charge >= 0.3 is 0 Å². The number of aromatic nitrogens is 2. The Morgan fingerprint density at radius 1 is 1.25 bits per heavy atom. The molecule has 0 aliphatic heterocycles. The minimum Gasteiger partial charge on any atom is -0.497 e. The van der Waals surface area contributed by atoms with E-state index in [1.807, 2.05) is 24.3 Å². The average molecular weight is 236 g/mol. The monoisotopic (exact) mass is 235 g/mol. The number of anilines is 1. The number of nitrogens with two attached hydrogens (primary N) is 1. The molecule has 0 radical (unpaired) electrons. The molecule has 2 N–H and O–H groups in total. The third-order valence-electron chi connectivity index (χ3n) is 2.08. The van der Waals surface area contributed by atoms with Crippen molar-refractivity contribution in [1.29, 1.82) is 0 Å². The van der Waals surface area contributed by atoms with Gasteiger partial charge in [0, 0.05) is 11.6 Å². The first-order valence-electron chi connectivity index (χ1n) is 4.63. The van der Waals surface area contributed by atoms with Gasteiger partial charge in [-0.1, -0.05) is 12.1 Å². The predicted molar refractivity (Wildman–Crippen MR) is 63.4 cm³/mol. The summed E-state index contributed by atoms with van der Waals surface area (Å²) < 4.78 is 5.13. The number of ether oxygens (including phenoxy) is 1. The zero-order valence-electron chi connectivity index (χ0n) is 8.64. The van der Waals surface area contributed by atoms with Gasteiger partial charge in [-0.15, -0.1) is 0 Å². The Morgan fingerprint density at radius 2 is 2.06 bits per heavy atom. The zero-order chi connectivity index (χ0) is 11.5. The highest BCUT2D eigenvalue weighted by molar-refractivity contribution is 6.28. The smallest absolute Gasteiger partial charge is 0.224 e. The molecular formula is C11H10ClN3O. The number of nitrogen functional groups attached to an aromatic ring is 1. The minimum atomic E-state index is 0.137. The SMILES string of the molecule is COc1cccc(-c2cc(N)nc(Cl)n2)c1. The molecule has 82 valence electrons. The van der Waals surface area contributed by atoms with Gasteiger partial charge in [-0.2, -0.15) is 0 Å². The Labute approximate surface area is 98.0 Å². The van der Waals surface area contributed by atoms with Crippen molar-refractivity contribution < 1.29 is 4.74 Å². The molecule has 4 nitrogen and oxygen atoms in total. The maximum Gasteiger partial charge on any atom is 0.224 e. The molecule has 0 aliphatic rings. The van der Waals surface area contributed by atoms with Crippen LogP contribution in [-0.4, -0.2) is 17.1 Å². The number of methoxy groups -OCH3 is 1. The summed E-state index contributed by atoms with van der Waals surface area (Å²) in [5.74, 6) is 1.10. The van der Waals surface area contributed by atoms with Crippen LogP contribution >= 0.6 is 11.6 Å². The Morgan fingerprint density at radius 3 is 2.75 bits per heavy atom. The second-order valence-electron chi connectivity index (χ2n) is 3.18. The molecule has 0 aliphatic carbocycles. The van der Waals surface area contributed by atoms with Gasteiger partial charge in [0.05, 0.1) is 12.8 Å². The van der Waals surface area contributed by atoms with Crippen LogP contribution in [0.1, 0.15) is 0 Å². The van der Waals surface area contributed by atoms with Gasteiger partial charge in [0.25, 0.3) is 0 Å². The molecular weight excluding hydrogens is 226 g/mol. The molecule has 1 aromatic carbocycles. The summed E-state index contributed by atoms with van der Waals surface area (Å²) >= 11 is 5.74. The number of benzene rings is 1. The van der Waals surface area contributed by atoms with Crippen LogP contribution in [-0.2, 0) is 0 Å². The Hall–Kier alpha value is -1.81. The van der Waals surface area contributed by atoms with Crippen molar-refractivity contribution >= 4 is 17.4 Å². The molecule has 2 rings (SSSR count). The molecule has 0 spiro atoms. The fourth-order valence-corrected chi connectivity index (χ4v) is 1.55. The number of nitrogens with zero attached hydrogens (tertiary/aromatic N) is 2. The Balaban J connectivity index is 2.49. The average Bonchev–Trinajstić information content (AvgIpc) is 2.28. The highest BCUT2D eigenvalue weighted by Gasteiger charge is 2.04. The van der Waals surface area contributed by atoms with E-state index in [0.717, 1.165) is 11.3 Å². The second kappa shape index (κ2) is 4.37. The van der Waals surface area contributed by atoms with Gasteiger partial charge in [0.15, 0.2) is 0 Å². The Bertz CT molecular complexity index is 496. The van der Waals surface area contributed by atoms with Gasteiger partial charge in [-0.25, -0.2) is 9.97 Å². The number of hydrogen-bond donors (Lipinski definition) is 1. The molecule has 0 saturated carbocycles. The Kier molecular flexibility index (Phi) is 2.92. The summed E-state index contributed by atoms with van der Waals surface area (Å²) in [7, 11) is 1.61. The van der Waals surface area contributed by atoms with Crippen LogP contribution in [0.25, 0.3) is 11.3 Å². The lowest BCUT2D eigenvalue weighted by Crippen LogP contribution is -1.95. The lowest BCUT2D eigenvalue weighted by Gasteiger charge is -2.04. The van der Waals surface area contributed by atoms with Crippen molar-refractivity contribution in [2.24, 2.45) is 0 Å². The first kappa shape index (κ1) is 10.7. The standard InChI is InChI=1S/C11H10ClN3O/c1-16-8-4-2-3-7(5-8)9-6-10(13)15-11(12)14-9/h2-6H,1H3,(H2,13,14,15). The van der Waals surface area contributed by atoms with E-state index in [2.05, 4.69) is 9.97 Å². The van der Waals surface area contributed by atoms with E-state index >= 15 is 0 Å². The van der Waals surface area contributed by atoms with E-state index in [0.29, 0.717) is 11.5 Å². The third kappa shape index (κ3) is 2.23. The first-order valence-corrected chi connectivity index (χ1v) is 5.01. The first-order chi connectivity index (χ1) is 7.69. The van der Waals surface area contributed by atoms with E-state index in [4.69, 9.17) is 22.1 Å². The molecule has 16 heavy (non-hydrogen) atoms. The van der Waals surface area contributed by atoms with Gasteiger partial charge in [0.1, 0.15) is 11.6 Å². The van der Waals surface area contributed by atoms with Crippen LogP contribution < -0.4 is 10.5 Å². The lowest BCUT2D eigenvalue weighted by molar-refractivity contribution is 0.415. The highest BCUT2D eigenvalue weighted by atomic mass is 35.5. The summed E-state index contributed by atoms with van der Waals surface area (Å²) in [6.07, 6.45) is 0. The molecule has 2 aromatic rings. The molecule has 1 aromatic heterocycles. The minimum absolute atomic E-state index is 0.137. The quantitative estimate of drug-likeness (QED) is 0.812. The van der Waals surface area contributed by atoms with Crippen molar-refractivity contribution in [3.8, 4) is 17.0 Å². The molecule has 0 bridgehead atoms. The molecule has 0 fully saturated rings. The van der Waals surface area contributed by atoms with Crippen molar-refractivity contribution in [3.05, 3.63) is 35.6 Å². The van der Waals surface area contributed by atoms with E-state index in [1.165, 1.54) is 0 Å². The van der Waals surface area contributed by atoms with Crippen LogP contribution in [0.5, 0.6) is 5.75 Å². The zero-order valence-corrected chi connectivity index (χ0v) is 9.40. The van der Waals surface area contributed by atoms with Gasteiger partial charge < -0.3 is 10.5 Å². The third-order valence-corrected chi connectivity index (χ3v) is 2.25. The maximum atomic E-state index is 5.74. The molecule has 0 saturated heterocycles. The second-order valence-corrected chi connectivity index (χ2v) is 3.52. The summed E-state index contributed by atoms with van der Waals surface area (Å²) in [5.41, 5.74) is 7.16. The molecule has 0 unspecified atom stereocenters. The maximum absolute atomic E-state index is 5.74. The molecule has 1 heterocycles. The normalized spacial score (nSPS) is 10.1. The summed E-state index contributed by atoms with van der Waals surface area (Å²) in [6.45, 7) is 0. The number of rotatable bonds is 2. The lowest BCUT2D eigenvalue weighted by atomic mass is 10.1. The van der Waals surface area contributed by atoms with Crippen LogP contribution in [0, 0.1) is 0 Å². The van der Waals surface area contributed by atoms with Crippen LogP contribution in [0.15, 0.2) is 30.3 Å². The van der Waals surface area contributed by atoms with Gasteiger partial charge in [-0.3, -0.25) is 0 Å². The largest absolute Gasteiger partial charge is 0.497 e. The van der Waals surface area contributed by atoms with Crippen molar-refractivity contribution in [1.82, 2.24) is 9.97 Å². The molecule has 5 heteroatoms. The summed E-state index contributed by atoms with van der Waals surface area (Å²) in [4.78, 5) is 7.90. The van der Waals surface area contributed by atoms with E-state index in [1.54, 1.807) is 13.2 Å². The topological polar surface area (TPSA) is 61.0 Å². The van der Waals surface area contributed by atoms with Crippen LogP contribution in [0.4, 0.5) is 5.82 Å². The predicted octanol–water partition coefficient (Wildman–Crippen LogP) is 2.39. The van der Waals surface area contributed by atoms with E-state index in [9.17, 15) is 0 Å². The fourth-order valence-electron chi connectivity index (χ4n) is 1.37. The number of halogens is 1. The molecule has 0 atom stereocenters. The van der Waals surface area contributed by atoms with Crippen molar-refractivity contribution in [2.75, 3.05) is 12.8 Å². The van der Waals surface area contributed by atoms with Gasteiger partial charge in [0.2, 0.25) is 5.28 Å². The fraction of sp³-hybridized carbons (Fsp3) is 0.0909. The van der Waals surface area contributed by atoms with Gasteiger partial charge in [-0.05, 0) is 23.7 Å². The van der Waals surface area contributed by atoms with Crippen LogP contribution in [0.2, 0.25) is 5.28 Å². The highest BCUT2D eigenvalue weighted by Crippen LogP contribution is 2.23. The molecule has 0 amide bonds. The van der Waals surface area contributed by atoms with Crippen molar-refractivity contribution in [2.45, 2.75) is 0 Å². The number of hydrogen-bond acceptors (Lipinski definition) is 4.